The van der Waals surface area contributed by atoms with E-state index < -0.39 is 10.0 Å². The summed E-state index contributed by atoms with van der Waals surface area (Å²) < 4.78 is 29.9. The van der Waals surface area contributed by atoms with E-state index in [0.717, 1.165) is 32.4 Å². The Morgan fingerprint density at radius 3 is 2.57 bits per heavy atom. The molecule has 150 valence electrons. The molecule has 8 heteroatoms. The maximum atomic E-state index is 13.3. The van der Waals surface area contributed by atoms with Gasteiger partial charge in [-0.05, 0) is 37.3 Å². The van der Waals surface area contributed by atoms with Crippen molar-refractivity contribution < 1.29 is 13.2 Å². The number of hydrogen-bond donors (Lipinski definition) is 0. The largest absolute Gasteiger partial charge is 0.337 e. The highest BCUT2D eigenvalue weighted by Gasteiger charge is 2.35. The molecule has 1 amide bonds. The second kappa shape index (κ2) is 7.33. The average molecular weight is 403 g/mol. The zero-order valence-corrected chi connectivity index (χ0v) is 17.2. The third kappa shape index (κ3) is 3.24. The van der Waals surface area contributed by atoms with Crippen molar-refractivity contribution in [3.05, 3.63) is 42.0 Å². The molecule has 1 aromatic heterocycles. The van der Waals surface area contributed by atoms with E-state index in [1.165, 1.54) is 4.31 Å². The van der Waals surface area contributed by atoms with E-state index in [2.05, 4.69) is 4.98 Å². The van der Waals surface area contributed by atoms with E-state index in [9.17, 15) is 13.2 Å². The van der Waals surface area contributed by atoms with Crippen molar-refractivity contribution in [3.63, 3.8) is 0 Å². The first kappa shape index (κ1) is 19.1. The maximum absolute atomic E-state index is 13.3. The number of aromatic nitrogens is 2. The molecular weight excluding hydrogens is 376 g/mol. The number of amides is 1. The Bertz CT molecular complexity index is 991. The zero-order chi connectivity index (χ0) is 19.9. The molecule has 7 nitrogen and oxygen atoms in total. The molecule has 0 radical (unpaired) electrons. The van der Waals surface area contributed by atoms with E-state index in [-0.39, 0.29) is 23.3 Å². The number of piperidine rings is 1. The molecule has 2 aliphatic heterocycles. The Morgan fingerprint density at radius 2 is 1.86 bits per heavy atom. The first-order chi connectivity index (χ1) is 13.4. The van der Waals surface area contributed by atoms with Gasteiger partial charge in [-0.15, -0.1) is 0 Å². The topological polar surface area (TPSA) is 75.5 Å². The van der Waals surface area contributed by atoms with E-state index in [0.29, 0.717) is 23.6 Å². The zero-order valence-electron chi connectivity index (χ0n) is 16.3. The lowest BCUT2D eigenvalue weighted by atomic mass is 10.1. The number of imidazole rings is 1. The van der Waals surface area contributed by atoms with Crippen molar-refractivity contribution >= 4 is 15.9 Å². The van der Waals surface area contributed by atoms with Crippen molar-refractivity contribution in [1.29, 1.82) is 0 Å². The summed E-state index contributed by atoms with van der Waals surface area (Å²) in [5.74, 6) is 0.0624. The summed E-state index contributed by atoms with van der Waals surface area (Å²) in [6.07, 6.45) is 4.72. The highest BCUT2D eigenvalue weighted by atomic mass is 32.2. The van der Waals surface area contributed by atoms with Crippen LogP contribution in [0.5, 0.6) is 0 Å². The summed E-state index contributed by atoms with van der Waals surface area (Å²) in [5, 5.41) is 0. The van der Waals surface area contributed by atoms with Gasteiger partial charge in [0.2, 0.25) is 10.0 Å². The molecule has 1 aromatic carbocycles. The monoisotopic (exact) mass is 402 g/mol. The van der Waals surface area contributed by atoms with Crippen molar-refractivity contribution in [2.45, 2.75) is 44.6 Å². The van der Waals surface area contributed by atoms with Crippen molar-refractivity contribution in [3.8, 4) is 5.69 Å². The molecule has 2 aromatic rings. The summed E-state index contributed by atoms with van der Waals surface area (Å²) in [7, 11) is -3.66. The molecule has 1 saturated heterocycles. The molecule has 0 unspecified atom stereocenters. The summed E-state index contributed by atoms with van der Waals surface area (Å²) in [6, 6.07) is 6.93. The number of carbonyl (C=O) groups excluding carboxylic acids is 1. The van der Waals surface area contributed by atoms with Gasteiger partial charge in [-0.25, -0.2) is 13.4 Å². The lowest BCUT2D eigenvalue weighted by Gasteiger charge is -2.27. The lowest BCUT2D eigenvalue weighted by molar-refractivity contribution is 0.0717. The van der Waals surface area contributed by atoms with Crippen molar-refractivity contribution in [2.24, 2.45) is 5.92 Å². The third-order valence-corrected chi connectivity index (χ3v) is 7.21. The first-order valence-electron chi connectivity index (χ1n) is 9.84. The van der Waals surface area contributed by atoms with Crippen molar-refractivity contribution in [2.75, 3.05) is 19.6 Å². The fourth-order valence-corrected chi connectivity index (χ4v) is 5.74. The molecule has 2 aliphatic rings. The molecule has 0 N–H and O–H groups in total. The van der Waals surface area contributed by atoms with Crippen LogP contribution in [0.25, 0.3) is 5.69 Å². The summed E-state index contributed by atoms with van der Waals surface area (Å²) >= 11 is 0. The minimum atomic E-state index is -3.66. The van der Waals surface area contributed by atoms with Gasteiger partial charge in [0.05, 0.1) is 17.9 Å². The minimum Gasteiger partial charge on any atom is -0.337 e. The second-order valence-corrected chi connectivity index (χ2v) is 9.83. The third-order valence-electron chi connectivity index (χ3n) is 5.35. The van der Waals surface area contributed by atoms with Crippen LogP contribution in [0.15, 0.2) is 35.5 Å². The number of benzene rings is 1. The van der Waals surface area contributed by atoms with E-state index >= 15 is 0 Å². The molecule has 4 rings (SSSR count). The molecule has 0 spiro atoms. The van der Waals surface area contributed by atoms with Crippen LogP contribution in [0.1, 0.15) is 49.3 Å². The Labute approximate surface area is 166 Å². The molecule has 1 fully saturated rings. The van der Waals surface area contributed by atoms with Gasteiger partial charge < -0.3 is 4.90 Å². The van der Waals surface area contributed by atoms with Crippen LogP contribution in [0, 0.1) is 5.92 Å². The van der Waals surface area contributed by atoms with Crippen LogP contribution in [-0.2, 0) is 16.6 Å². The average Bonchev–Trinajstić information content (AvgIpc) is 3.07. The highest BCUT2D eigenvalue weighted by molar-refractivity contribution is 7.89. The normalized spacial score (nSPS) is 19.2. The Hall–Kier alpha value is -2.19. The van der Waals surface area contributed by atoms with Gasteiger partial charge in [0.1, 0.15) is 11.2 Å². The summed E-state index contributed by atoms with van der Waals surface area (Å²) in [6.45, 7) is 5.97. The first-order valence-corrected chi connectivity index (χ1v) is 11.3. The quantitative estimate of drug-likeness (QED) is 0.791. The van der Waals surface area contributed by atoms with Crippen LogP contribution in [-0.4, -0.2) is 52.7 Å². The number of fused-ring (bicyclic) bond motifs is 3. The van der Waals surface area contributed by atoms with Crippen LogP contribution < -0.4 is 0 Å². The molecule has 0 aliphatic carbocycles. The predicted octanol–water partition coefficient (Wildman–Crippen LogP) is 2.66. The van der Waals surface area contributed by atoms with Gasteiger partial charge in [-0.2, -0.15) is 4.31 Å². The Kier molecular flexibility index (Phi) is 5.01. The highest BCUT2D eigenvalue weighted by Crippen LogP contribution is 2.32. The molecular formula is C20H26N4O3S. The van der Waals surface area contributed by atoms with Gasteiger partial charge in [0.15, 0.2) is 5.69 Å². The van der Waals surface area contributed by atoms with Gasteiger partial charge >= 0.3 is 0 Å². The van der Waals surface area contributed by atoms with Gasteiger partial charge in [0, 0.05) is 19.6 Å². The molecule has 0 bridgehead atoms. The fourth-order valence-electron chi connectivity index (χ4n) is 3.99. The Morgan fingerprint density at radius 1 is 1.14 bits per heavy atom. The number of rotatable bonds is 3. The number of likely N-dealkylation sites (tertiary alicyclic amines) is 1. The smallest absolute Gasteiger partial charge is 0.274 e. The predicted molar refractivity (Wildman–Crippen MR) is 106 cm³/mol. The van der Waals surface area contributed by atoms with Gasteiger partial charge in [0.25, 0.3) is 5.91 Å². The molecule has 28 heavy (non-hydrogen) atoms. The van der Waals surface area contributed by atoms with Crippen molar-refractivity contribution in [1.82, 2.24) is 18.8 Å². The number of sulfonamides is 1. The molecule has 0 atom stereocenters. The molecule has 0 saturated carbocycles. The molecule has 3 heterocycles. The number of carbonyl (C=O) groups is 1. The minimum absolute atomic E-state index is 0.102. The van der Waals surface area contributed by atoms with Gasteiger partial charge in [-0.3, -0.25) is 9.36 Å². The Balaban J connectivity index is 1.84. The number of para-hydroxylation sites is 1. The van der Waals surface area contributed by atoms with Crippen LogP contribution in [0.3, 0.4) is 0 Å². The second-order valence-electron chi connectivity index (χ2n) is 7.92. The maximum Gasteiger partial charge on any atom is 0.274 e. The van der Waals surface area contributed by atoms with Gasteiger partial charge in [-0.1, -0.05) is 26.0 Å². The number of hydrogen-bond acceptors (Lipinski definition) is 4. The van der Waals surface area contributed by atoms with E-state index in [1.807, 2.05) is 24.8 Å². The van der Waals surface area contributed by atoms with E-state index in [1.54, 1.807) is 29.1 Å². The summed E-state index contributed by atoms with van der Waals surface area (Å²) in [4.78, 5) is 19.6. The van der Waals surface area contributed by atoms with E-state index in [4.69, 9.17) is 0 Å². The number of nitrogens with zero attached hydrogens (tertiary/aromatic N) is 4. The van der Waals surface area contributed by atoms with Crippen LogP contribution >= 0.6 is 0 Å². The summed E-state index contributed by atoms with van der Waals surface area (Å²) in [5.41, 5.74) is 1.56. The van der Waals surface area contributed by atoms with Crippen LogP contribution in [0.2, 0.25) is 0 Å². The standard InChI is InChI=1S/C20H26N4O3S/c1-15(2)12-23-13-17-19(20(25)22-10-6-3-7-11-22)21-14-24(17)16-8-4-5-9-18(16)28(23,26)27/h4-5,8-9,14-15H,3,6-7,10-13H2,1-2H3. The van der Waals surface area contributed by atoms with Crippen LogP contribution in [0.4, 0.5) is 0 Å². The SMILES string of the molecule is CC(C)CN1Cc2c(C(=O)N3CCCCC3)ncn2-c2ccccc2S1(=O)=O. The fraction of sp³-hybridized carbons (Fsp3) is 0.500. The lowest BCUT2D eigenvalue weighted by Crippen LogP contribution is -2.37.